The lowest BCUT2D eigenvalue weighted by Crippen LogP contribution is -2.14. The average molecular weight is 359 g/mol. The molecule has 1 heterocycles. The Hall–Kier alpha value is -3.24. The third-order valence-corrected chi connectivity index (χ3v) is 3.33. The molecule has 1 aromatic heterocycles. The number of hydrogen-bond acceptors (Lipinski definition) is 6. The van der Waals surface area contributed by atoms with E-state index in [1.165, 1.54) is 26.6 Å². The van der Waals surface area contributed by atoms with Crippen LogP contribution in [0, 0.1) is 11.3 Å². The van der Waals surface area contributed by atoms with Crippen LogP contribution in [0.1, 0.15) is 0 Å². The lowest BCUT2D eigenvalue weighted by atomic mass is 10.2. The molecule has 1 aromatic carbocycles. The van der Waals surface area contributed by atoms with E-state index in [1.54, 1.807) is 30.3 Å². The second-order valence-electron chi connectivity index (χ2n) is 4.70. The maximum atomic E-state index is 12.2. The molecular weight excluding hydrogens is 344 g/mol. The molecule has 7 nitrogen and oxygen atoms in total. The first-order valence-corrected chi connectivity index (χ1v) is 7.47. The lowest BCUT2D eigenvalue weighted by Gasteiger charge is -2.10. The highest BCUT2D eigenvalue weighted by Crippen LogP contribution is 2.29. The van der Waals surface area contributed by atoms with Gasteiger partial charge in [-0.25, -0.2) is 4.98 Å². The van der Waals surface area contributed by atoms with Crippen molar-refractivity contribution in [2.75, 3.05) is 24.9 Å². The molecule has 0 saturated carbocycles. The van der Waals surface area contributed by atoms with E-state index in [0.717, 1.165) is 0 Å². The number of halogens is 1. The predicted molar refractivity (Wildman–Crippen MR) is 94.7 cm³/mol. The molecule has 0 unspecified atom stereocenters. The second-order valence-corrected chi connectivity index (χ2v) is 5.13. The van der Waals surface area contributed by atoms with Gasteiger partial charge in [-0.05, 0) is 24.3 Å². The Morgan fingerprint density at radius 2 is 2.00 bits per heavy atom. The second kappa shape index (κ2) is 8.57. The van der Waals surface area contributed by atoms with Crippen molar-refractivity contribution in [1.29, 1.82) is 5.26 Å². The van der Waals surface area contributed by atoms with Crippen LogP contribution in [0.2, 0.25) is 5.02 Å². The van der Waals surface area contributed by atoms with Gasteiger partial charge < -0.3 is 20.1 Å². The summed E-state index contributed by atoms with van der Waals surface area (Å²) in [6.45, 7) is 0. The van der Waals surface area contributed by atoms with Gasteiger partial charge in [0.15, 0.2) is 11.5 Å². The predicted octanol–water partition coefficient (Wildman–Crippen LogP) is 3.21. The van der Waals surface area contributed by atoms with Crippen molar-refractivity contribution in [3.8, 4) is 17.6 Å². The SMILES string of the molecule is COc1ccc(NC(=O)/C(C#N)=C\Nc2cc(Cl)ccn2)cc1OC. The summed E-state index contributed by atoms with van der Waals surface area (Å²) in [7, 11) is 3.01. The normalized spacial score (nSPS) is 10.6. The molecule has 0 bridgehead atoms. The molecule has 0 radical (unpaired) electrons. The van der Waals surface area contributed by atoms with Crippen molar-refractivity contribution in [2.45, 2.75) is 0 Å². The van der Waals surface area contributed by atoms with Crippen molar-refractivity contribution in [1.82, 2.24) is 4.98 Å². The van der Waals surface area contributed by atoms with Gasteiger partial charge in [0, 0.05) is 29.2 Å². The Kier molecular flexibility index (Phi) is 6.20. The number of anilines is 2. The van der Waals surface area contributed by atoms with Crippen LogP contribution >= 0.6 is 11.6 Å². The largest absolute Gasteiger partial charge is 0.493 e. The molecule has 0 aliphatic rings. The molecule has 0 fully saturated rings. The number of nitrogens with zero attached hydrogens (tertiary/aromatic N) is 2. The number of amides is 1. The van der Waals surface area contributed by atoms with Crippen molar-refractivity contribution < 1.29 is 14.3 Å². The number of ether oxygens (including phenoxy) is 2. The van der Waals surface area contributed by atoms with E-state index in [2.05, 4.69) is 15.6 Å². The first kappa shape index (κ1) is 18.1. The summed E-state index contributed by atoms with van der Waals surface area (Å²) < 4.78 is 10.3. The number of hydrogen-bond donors (Lipinski definition) is 2. The van der Waals surface area contributed by atoms with Gasteiger partial charge in [0.05, 0.1) is 14.2 Å². The maximum Gasteiger partial charge on any atom is 0.267 e. The third-order valence-electron chi connectivity index (χ3n) is 3.09. The third kappa shape index (κ3) is 4.86. The van der Waals surface area contributed by atoms with Crippen LogP contribution in [0.25, 0.3) is 0 Å². The van der Waals surface area contributed by atoms with E-state index in [4.69, 9.17) is 21.1 Å². The molecule has 2 aromatic rings. The van der Waals surface area contributed by atoms with Gasteiger partial charge in [0.1, 0.15) is 17.5 Å². The van der Waals surface area contributed by atoms with Crippen molar-refractivity contribution in [2.24, 2.45) is 0 Å². The van der Waals surface area contributed by atoms with Crippen LogP contribution in [-0.2, 0) is 4.79 Å². The zero-order chi connectivity index (χ0) is 18.2. The minimum absolute atomic E-state index is 0.128. The number of methoxy groups -OCH3 is 2. The van der Waals surface area contributed by atoms with E-state index >= 15 is 0 Å². The highest BCUT2D eigenvalue weighted by Gasteiger charge is 2.11. The van der Waals surface area contributed by atoms with Gasteiger partial charge in [-0.3, -0.25) is 4.79 Å². The zero-order valence-corrected chi connectivity index (χ0v) is 14.3. The standard InChI is InChI=1S/C17H15ClN4O3/c1-24-14-4-3-13(8-15(14)25-2)22-17(23)11(9-19)10-21-16-7-12(18)5-6-20-16/h3-8,10H,1-2H3,(H,20,21)(H,22,23)/b11-10-. The van der Waals surface area contributed by atoms with Crippen LogP contribution in [0.3, 0.4) is 0 Å². The fourth-order valence-corrected chi connectivity index (χ4v) is 2.05. The number of rotatable bonds is 6. The zero-order valence-electron chi connectivity index (χ0n) is 13.5. The fraction of sp³-hybridized carbons (Fsp3) is 0.118. The van der Waals surface area contributed by atoms with Crippen molar-refractivity contribution >= 4 is 29.0 Å². The number of nitriles is 1. The number of aromatic nitrogens is 1. The monoisotopic (exact) mass is 358 g/mol. The first-order chi connectivity index (χ1) is 12.1. The van der Waals surface area contributed by atoms with E-state index < -0.39 is 5.91 Å². The van der Waals surface area contributed by atoms with Gasteiger partial charge in [-0.15, -0.1) is 0 Å². The Labute approximate surface area is 149 Å². The van der Waals surface area contributed by atoms with Gasteiger partial charge >= 0.3 is 0 Å². The molecular formula is C17H15ClN4O3. The average Bonchev–Trinajstić information content (AvgIpc) is 2.62. The Balaban J connectivity index is 2.12. The number of pyridine rings is 1. The molecule has 0 saturated heterocycles. The number of carbonyl (C=O) groups is 1. The van der Waals surface area contributed by atoms with Gasteiger partial charge in [-0.2, -0.15) is 5.26 Å². The van der Waals surface area contributed by atoms with Crippen LogP contribution in [0.5, 0.6) is 11.5 Å². The molecule has 1 amide bonds. The Morgan fingerprint density at radius 1 is 1.24 bits per heavy atom. The topological polar surface area (TPSA) is 96.3 Å². The van der Waals surface area contributed by atoms with Crippen molar-refractivity contribution in [3.05, 3.63) is 53.3 Å². The Bertz CT molecular complexity index is 846. The van der Waals surface area contributed by atoms with Crippen LogP contribution < -0.4 is 20.1 Å². The quantitative estimate of drug-likeness (QED) is 0.608. The molecule has 128 valence electrons. The summed E-state index contributed by atoms with van der Waals surface area (Å²) >= 11 is 5.85. The fourth-order valence-electron chi connectivity index (χ4n) is 1.89. The highest BCUT2D eigenvalue weighted by atomic mass is 35.5. The molecule has 0 atom stereocenters. The smallest absolute Gasteiger partial charge is 0.267 e. The highest BCUT2D eigenvalue weighted by molar-refractivity contribution is 6.30. The maximum absolute atomic E-state index is 12.2. The minimum atomic E-state index is -0.579. The molecule has 25 heavy (non-hydrogen) atoms. The van der Waals surface area contributed by atoms with E-state index in [1.807, 2.05) is 6.07 Å². The molecule has 2 rings (SSSR count). The van der Waals surface area contributed by atoms with Crippen molar-refractivity contribution in [3.63, 3.8) is 0 Å². The number of carbonyl (C=O) groups excluding carboxylic acids is 1. The summed E-state index contributed by atoms with van der Waals surface area (Å²) in [5, 5.41) is 15.0. The minimum Gasteiger partial charge on any atom is -0.493 e. The van der Waals surface area contributed by atoms with Crippen LogP contribution in [-0.4, -0.2) is 25.1 Å². The van der Waals surface area contributed by atoms with Crippen LogP contribution in [0.4, 0.5) is 11.5 Å². The van der Waals surface area contributed by atoms with Crippen LogP contribution in [0.15, 0.2) is 48.3 Å². The lowest BCUT2D eigenvalue weighted by molar-refractivity contribution is -0.112. The van der Waals surface area contributed by atoms with Gasteiger partial charge in [0.2, 0.25) is 0 Å². The van der Waals surface area contributed by atoms with Gasteiger partial charge in [-0.1, -0.05) is 11.6 Å². The summed E-state index contributed by atoms with van der Waals surface area (Å²) in [5.41, 5.74) is 0.334. The number of nitrogens with one attached hydrogen (secondary N) is 2. The summed E-state index contributed by atoms with van der Waals surface area (Å²) in [4.78, 5) is 16.2. The first-order valence-electron chi connectivity index (χ1n) is 7.09. The van der Waals surface area contributed by atoms with E-state index in [-0.39, 0.29) is 5.57 Å². The molecule has 0 aliphatic carbocycles. The molecule has 2 N–H and O–H groups in total. The summed E-state index contributed by atoms with van der Waals surface area (Å²) in [5.74, 6) is 0.831. The van der Waals surface area contributed by atoms with Gasteiger partial charge in [0.25, 0.3) is 5.91 Å². The van der Waals surface area contributed by atoms with E-state index in [9.17, 15) is 10.1 Å². The summed E-state index contributed by atoms with van der Waals surface area (Å²) in [6, 6.07) is 9.90. The number of benzene rings is 1. The molecule has 8 heteroatoms. The van der Waals surface area contributed by atoms with E-state index in [0.29, 0.717) is 28.0 Å². The Morgan fingerprint density at radius 3 is 2.64 bits per heavy atom. The molecule has 0 spiro atoms. The summed E-state index contributed by atoms with van der Waals surface area (Å²) in [6.07, 6.45) is 2.77. The molecule has 0 aliphatic heterocycles.